The van der Waals surface area contributed by atoms with Crippen molar-refractivity contribution in [2.24, 2.45) is 0 Å². The SMILES string of the molecule is O=c1ccc2ccc(O[C@H]3O[C@@H](CO)[C@H](O)[C@@H](O)[C@@H]3O)cc2o1. The highest BCUT2D eigenvalue weighted by Crippen LogP contribution is 2.26. The third kappa shape index (κ3) is 3.07. The predicted octanol–water partition coefficient (Wildman–Crippen LogP) is -1.03. The summed E-state index contributed by atoms with van der Waals surface area (Å²) in [6, 6.07) is 7.55. The number of ether oxygens (including phenoxy) is 2. The number of aliphatic hydroxyl groups is 4. The lowest BCUT2D eigenvalue weighted by Gasteiger charge is -2.39. The Balaban J connectivity index is 1.84. The van der Waals surface area contributed by atoms with Gasteiger partial charge in [0.2, 0.25) is 6.29 Å². The largest absolute Gasteiger partial charge is 0.462 e. The van der Waals surface area contributed by atoms with E-state index in [2.05, 4.69) is 0 Å². The number of hydrogen-bond acceptors (Lipinski definition) is 8. The highest BCUT2D eigenvalue weighted by molar-refractivity contribution is 5.77. The van der Waals surface area contributed by atoms with Gasteiger partial charge in [-0.05, 0) is 18.2 Å². The summed E-state index contributed by atoms with van der Waals surface area (Å²) in [7, 11) is 0. The monoisotopic (exact) mass is 324 g/mol. The molecule has 2 heterocycles. The molecule has 2 aromatic rings. The Labute approximate surface area is 130 Å². The van der Waals surface area contributed by atoms with Crippen molar-refractivity contribution in [2.45, 2.75) is 30.7 Å². The average molecular weight is 324 g/mol. The van der Waals surface area contributed by atoms with E-state index in [9.17, 15) is 20.1 Å². The van der Waals surface area contributed by atoms with Crippen LogP contribution >= 0.6 is 0 Å². The average Bonchev–Trinajstić information content (AvgIpc) is 2.55. The molecule has 3 rings (SSSR count). The summed E-state index contributed by atoms with van der Waals surface area (Å²) < 4.78 is 15.7. The molecular weight excluding hydrogens is 308 g/mol. The lowest BCUT2D eigenvalue weighted by atomic mass is 9.99. The maximum atomic E-state index is 11.2. The first-order valence-corrected chi connectivity index (χ1v) is 7.00. The molecule has 0 bridgehead atoms. The summed E-state index contributed by atoms with van der Waals surface area (Å²) in [6.45, 7) is -0.544. The zero-order chi connectivity index (χ0) is 16.6. The molecule has 8 heteroatoms. The van der Waals surface area contributed by atoms with Crippen LogP contribution in [0.5, 0.6) is 5.75 Å². The molecule has 1 aromatic carbocycles. The van der Waals surface area contributed by atoms with Crippen LogP contribution in [0.4, 0.5) is 0 Å². The Morgan fingerprint density at radius 2 is 1.78 bits per heavy atom. The van der Waals surface area contributed by atoms with Crippen molar-refractivity contribution in [1.29, 1.82) is 0 Å². The lowest BCUT2D eigenvalue weighted by molar-refractivity contribution is -0.277. The van der Waals surface area contributed by atoms with Gasteiger partial charge in [-0.25, -0.2) is 4.79 Å². The van der Waals surface area contributed by atoms with E-state index in [1.54, 1.807) is 18.2 Å². The maximum Gasteiger partial charge on any atom is 0.336 e. The van der Waals surface area contributed by atoms with Crippen molar-refractivity contribution in [1.82, 2.24) is 0 Å². The fourth-order valence-electron chi connectivity index (χ4n) is 2.41. The number of rotatable bonds is 3. The van der Waals surface area contributed by atoms with Crippen molar-refractivity contribution in [3.8, 4) is 5.75 Å². The first kappa shape index (κ1) is 15.9. The van der Waals surface area contributed by atoms with Gasteiger partial charge in [0.25, 0.3) is 0 Å². The molecule has 0 spiro atoms. The standard InChI is InChI=1S/C15H16O8/c16-6-10-12(18)13(19)14(20)15(23-10)21-8-3-1-7-2-4-11(17)22-9(7)5-8/h1-5,10,12-16,18-20H,6H2/t10-,12-,13+,14-,15-/m0/s1. The van der Waals surface area contributed by atoms with Crippen molar-refractivity contribution in [2.75, 3.05) is 6.61 Å². The van der Waals surface area contributed by atoms with Crippen LogP contribution in [-0.4, -0.2) is 57.7 Å². The van der Waals surface area contributed by atoms with Crippen LogP contribution in [0.3, 0.4) is 0 Å². The van der Waals surface area contributed by atoms with Gasteiger partial charge in [0.05, 0.1) is 6.61 Å². The molecule has 4 N–H and O–H groups in total. The third-order valence-corrected chi connectivity index (χ3v) is 3.70. The smallest absolute Gasteiger partial charge is 0.336 e. The van der Waals surface area contributed by atoms with Gasteiger partial charge in [-0.3, -0.25) is 0 Å². The topological polar surface area (TPSA) is 130 Å². The first-order chi connectivity index (χ1) is 11.0. The minimum absolute atomic E-state index is 0.233. The number of hydrogen-bond donors (Lipinski definition) is 4. The summed E-state index contributed by atoms with van der Waals surface area (Å²) in [4.78, 5) is 11.2. The summed E-state index contributed by atoms with van der Waals surface area (Å²) in [5.41, 5.74) is -0.220. The second-order valence-corrected chi connectivity index (χ2v) is 5.27. The van der Waals surface area contributed by atoms with E-state index in [0.29, 0.717) is 11.0 Å². The fourth-order valence-corrected chi connectivity index (χ4v) is 2.41. The van der Waals surface area contributed by atoms with Crippen molar-refractivity contribution in [3.05, 3.63) is 40.8 Å². The Morgan fingerprint density at radius 1 is 1.04 bits per heavy atom. The van der Waals surface area contributed by atoms with Crippen LogP contribution in [0.2, 0.25) is 0 Å². The molecule has 0 amide bonds. The van der Waals surface area contributed by atoms with Crippen molar-refractivity contribution < 1.29 is 34.3 Å². The molecule has 1 saturated heterocycles. The highest BCUT2D eigenvalue weighted by atomic mass is 16.7. The van der Waals surface area contributed by atoms with Crippen LogP contribution in [-0.2, 0) is 4.74 Å². The summed E-state index contributed by atoms with van der Waals surface area (Å²) in [6.07, 6.45) is -6.84. The molecule has 1 aliphatic heterocycles. The Kier molecular flexibility index (Phi) is 4.33. The number of fused-ring (bicyclic) bond motifs is 1. The van der Waals surface area contributed by atoms with Gasteiger partial charge in [0, 0.05) is 17.5 Å². The number of aliphatic hydroxyl groups excluding tert-OH is 4. The zero-order valence-corrected chi connectivity index (χ0v) is 11.9. The Bertz CT molecular complexity index is 740. The van der Waals surface area contributed by atoms with E-state index >= 15 is 0 Å². The van der Waals surface area contributed by atoms with E-state index in [1.165, 1.54) is 12.1 Å². The van der Waals surface area contributed by atoms with Crippen LogP contribution in [0.25, 0.3) is 11.0 Å². The van der Waals surface area contributed by atoms with Gasteiger partial charge in [-0.2, -0.15) is 0 Å². The highest BCUT2D eigenvalue weighted by Gasteiger charge is 2.44. The van der Waals surface area contributed by atoms with Gasteiger partial charge >= 0.3 is 5.63 Å². The normalized spacial score (nSPS) is 31.2. The van der Waals surface area contributed by atoms with Gasteiger partial charge in [0.1, 0.15) is 35.7 Å². The molecule has 23 heavy (non-hydrogen) atoms. The number of benzene rings is 1. The second kappa shape index (κ2) is 6.26. The molecule has 0 saturated carbocycles. The van der Waals surface area contributed by atoms with Crippen LogP contribution in [0, 0.1) is 0 Å². The van der Waals surface area contributed by atoms with E-state index in [-0.39, 0.29) is 5.75 Å². The molecule has 1 fully saturated rings. The molecule has 5 atom stereocenters. The van der Waals surface area contributed by atoms with Gasteiger partial charge in [-0.1, -0.05) is 0 Å². The van der Waals surface area contributed by atoms with E-state index in [1.807, 2.05) is 0 Å². The quantitative estimate of drug-likeness (QED) is 0.528. The van der Waals surface area contributed by atoms with Gasteiger partial charge < -0.3 is 34.3 Å². The van der Waals surface area contributed by atoms with Crippen LogP contribution in [0.15, 0.2) is 39.5 Å². The zero-order valence-electron chi connectivity index (χ0n) is 11.9. The van der Waals surface area contributed by atoms with E-state index in [4.69, 9.17) is 19.0 Å². The predicted molar refractivity (Wildman–Crippen MR) is 76.9 cm³/mol. The molecule has 8 nitrogen and oxygen atoms in total. The lowest BCUT2D eigenvalue weighted by Crippen LogP contribution is -2.60. The molecule has 0 radical (unpaired) electrons. The summed E-state index contributed by atoms with van der Waals surface area (Å²) in [5, 5.41) is 39.2. The summed E-state index contributed by atoms with van der Waals surface area (Å²) in [5.74, 6) is 0.233. The minimum Gasteiger partial charge on any atom is -0.462 e. The molecular formula is C15H16O8. The molecule has 124 valence electrons. The molecule has 0 aliphatic carbocycles. The van der Waals surface area contributed by atoms with Crippen LogP contribution < -0.4 is 10.4 Å². The van der Waals surface area contributed by atoms with Crippen molar-refractivity contribution in [3.63, 3.8) is 0 Å². The van der Waals surface area contributed by atoms with Crippen molar-refractivity contribution >= 4 is 11.0 Å². The fraction of sp³-hybridized carbons (Fsp3) is 0.400. The summed E-state index contributed by atoms with van der Waals surface area (Å²) >= 11 is 0. The van der Waals surface area contributed by atoms with Crippen LogP contribution in [0.1, 0.15) is 0 Å². The third-order valence-electron chi connectivity index (χ3n) is 3.70. The molecule has 1 aliphatic rings. The Morgan fingerprint density at radius 3 is 2.52 bits per heavy atom. The van der Waals surface area contributed by atoms with Gasteiger partial charge in [0.15, 0.2) is 0 Å². The molecule has 0 unspecified atom stereocenters. The van der Waals surface area contributed by atoms with E-state index < -0.39 is 42.9 Å². The molecule has 1 aromatic heterocycles. The van der Waals surface area contributed by atoms with Gasteiger partial charge in [-0.15, -0.1) is 0 Å². The first-order valence-electron chi connectivity index (χ1n) is 7.00. The second-order valence-electron chi connectivity index (χ2n) is 5.27. The minimum atomic E-state index is -1.52. The maximum absolute atomic E-state index is 11.2. The Hall–Kier alpha value is -1.97. The van der Waals surface area contributed by atoms with E-state index in [0.717, 1.165) is 0 Å².